The predicted octanol–water partition coefficient (Wildman–Crippen LogP) is 2.36. The number of aliphatic carboxylic acids is 1. The highest BCUT2D eigenvalue weighted by atomic mass is 79.9. The second kappa shape index (κ2) is 5.33. The number of carbonyl (C=O) groups excluding carboxylic acids is 1. The average molecular weight is 353 g/mol. The molecule has 2 fully saturated rings. The molecule has 112 valence electrons. The number of halogens is 1. The van der Waals surface area contributed by atoms with Crippen molar-refractivity contribution in [3.63, 3.8) is 0 Å². The largest absolute Gasteiger partial charge is 0.480 e. The second-order valence-corrected chi connectivity index (χ2v) is 6.78. The maximum Gasteiger partial charge on any atom is 0.326 e. The van der Waals surface area contributed by atoms with E-state index in [0.717, 1.165) is 23.7 Å². The molecular formula is C15H17BrN2O3. The Morgan fingerprint density at radius 1 is 1.29 bits per heavy atom. The molecule has 3 N–H and O–H groups in total. The lowest BCUT2D eigenvalue weighted by molar-refractivity contribution is -0.142. The first kappa shape index (κ1) is 14.4. The molecule has 1 aliphatic carbocycles. The third kappa shape index (κ3) is 2.52. The lowest BCUT2D eigenvalue weighted by Gasteiger charge is -2.24. The summed E-state index contributed by atoms with van der Waals surface area (Å²) in [6, 6.07) is 4.29. The smallest absolute Gasteiger partial charge is 0.326 e. The van der Waals surface area contributed by atoms with E-state index in [9.17, 15) is 14.7 Å². The molecule has 1 saturated carbocycles. The van der Waals surface area contributed by atoms with Gasteiger partial charge in [0.1, 0.15) is 6.04 Å². The van der Waals surface area contributed by atoms with Crippen molar-refractivity contribution in [1.82, 2.24) is 4.90 Å². The number of carboxylic acid groups (broad SMARTS) is 1. The molecule has 1 amide bonds. The molecule has 2 aliphatic rings. The van der Waals surface area contributed by atoms with Crippen molar-refractivity contribution in [2.75, 3.05) is 12.3 Å². The number of hydrogen-bond donors (Lipinski definition) is 2. The van der Waals surface area contributed by atoms with E-state index in [0.29, 0.717) is 23.7 Å². The van der Waals surface area contributed by atoms with Crippen LogP contribution in [-0.2, 0) is 4.79 Å². The van der Waals surface area contributed by atoms with Crippen molar-refractivity contribution in [3.05, 3.63) is 28.2 Å². The van der Waals surface area contributed by atoms with Crippen LogP contribution in [0.25, 0.3) is 0 Å². The van der Waals surface area contributed by atoms with Crippen LogP contribution in [0.3, 0.4) is 0 Å². The van der Waals surface area contributed by atoms with Crippen molar-refractivity contribution in [2.45, 2.75) is 25.3 Å². The first-order chi connectivity index (χ1) is 9.97. The first-order valence-electron chi connectivity index (χ1n) is 7.07. The Bertz CT molecular complexity index is 584. The Morgan fingerprint density at radius 3 is 2.71 bits per heavy atom. The molecule has 3 rings (SSSR count). The fraction of sp³-hybridized carbons (Fsp3) is 0.467. The van der Waals surface area contributed by atoms with Crippen molar-refractivity contribution >= 4 is 33.5 Å². The second-order valence-electron chi connectivity index (χ2n) is 5.87. The summed E-state index contributed by atoms with van der Waals surface area (Å²) in [6.07, 6.45) is 2.97. The number of fused-ring (bicyclic) bond motifs is 1. The van der Waals surface area contributed by atoms with Crippen LogP contribution in [0.5, 0.6) is 0 Å². The minimum Gasteiger partial charge on any atom is -0.480 e. The zero-order chi connectivity index (χ0) is 15.1. The molecule has 0 spiro atoms. The van der Waals surface area contributed by atoms with Crippen LogP contribution >= 0.6 is 15.9 Å². The van der Waals surface area contributed by atoms with Crippen LogP contribution in [0.4, 0.5) is 5.69 Å². The zero-order valence-electron chi connectivity index (χ0n) is 11.5. The number of nitrogen functional groups attached to an aromatic ring is 1. The summed E-state index contributed by atoms with van der Waals surface area (Å²) in [7, 11) is 0. The number of anilines is 1. The number of likely N-dealkylation sites (tertiary alicyclic amines) is 1. The van der Waals surface area contributed by atoms with Gasteiger partial charge in [-0.15, -0.1) is 0 Å². The number of amides is 1. The Hall–Kier alpha value is -1.56. The van der Waals surface area contributed by atoms with Gasteiger partial charge in [0.25, 0.3) is 5.91 Å². The Morgan fingerprint density at radius 2 is 2.05 bits per heavy atom. The summed E-state index contributed by atoms with van der Waals surface area (Å²) in [5, 5.41) is 9.51. The molecule has 3 atom stereocenters. The highest BCUT2D eigenvalue weighted by molar-refractivity contribution is 9.10. The van der Waals surface area contributed by atoms with Crippen molar-refractivity contribution in [1.29, 1.82) is 0 Å². The van der Waals surface area contributed by atoms with E-state index in [1.807, 2.05) is 0 Å². The molecule has 6 heteroatoms. The molecule has 21 heavy (non-hydrogen) atoms. The van der Waals surface area contributed by atoms with Gasteiger partial charge in [0.05, 0.1) is 0 Å². The third-order valence-corrected chi connectivity index (χ3v) is 5.03. The summed E-state index contributed by atoms with van der Waals surface area (Å²) < 4.78 is 0.720. The molecular weight excluding hydrogens is 336 g/mol. The van der Waals surface area contributed by atoms with Gasteiger partial charge in [0.2, 0.25) is 0 Å². The molecule has 0 aromatic heterocycles. The van der Waals surface area contributed by atoms with Gasteiger partial charge < -0.3 is 15.7 Å². The number of carbonyl (C=O) groups is 2. The summed E-state index contributed by atoms with van der Waals surface area (Å²) in [5.41, 5.74) is 6.69. The van der Waals surface area contributed by atoms with Crippen molar-refractivity contribution in [2.24, 2.45) is 11.8 Å². The summed E-state index contributed by atoms with van der Waals surface area (Å²) in [4.78, 5) is 25.8. The van der Waals surface area contributed by atoms with Crippen LogP contribution < -0.4 is 5.73 Å². The van der Waals surface area contributed by atoms with E-state index < -0.39 is 12.0 Å². The monoisotopic (exact) mass is 352 g/mol. The van der Waals surface area contributed by atoms with Crippen LogP contribution in [0.1, 0.15) is 29.6 Å². The zero-order valence-corrected chi connectivity index (χ0v) is 13.0. The third-order valence-electron chi connectivity index (χ3n) is 4.57. The topological polar surface area (TPSA) is 83.6 Å². The van der Waals surface area contributed by atoms with E-state index >= 15 is 0 Å². The summed E-state index contributed by atoms with van der Waals surface area (Å²) in [5.74, 6) is -0.735. The first-order valence-corrected chi connectivity index (χ1v) is 7.86. The van der Waals surface area contributed by atoms with Gasteiger partial charge in [0.15, 0.2) is 0 Å². The number of hydrogen-bond acceptors (Lipinski definition) is 3. The molecule has 0 radical (unpaired) electrons. The molecule has 0 bridgehead atoms. The van der Waals surface area contributed by atoms with E-state index in [2.05, 4.69) is 15.9 Å². The number of benzene rings is 1. The van der Waals surface area contributed by atoms with Gasteiger partial charge in [0, 0.05) is 22.3 Å². The fourth-order valence-corrected chi connectivity index (χ4v) is 4.24. The Labute approximate surface area is 131 Å². The quantitative estimate of drug-likeness (QED) is 0.800. The van der Waals surface area contributed by atoms with E-state index in [1.165, 1.54) is 4.90 Å². The normalized spacial score (nSPS) is 27.7. The molecule has 1 heterocycles. The SMILES string of the molecule is Nc1cc(Br)cc(C(=O)N2CC3CCCC3C2C(=O)O)c1. The Balaban J connectivity index is 1.91. The minimum absolute atomic E-state index is 0.0935. The van der Waals surface area contributed by atoms with Gasteiger partial charge in [-0.25, -0.2) is 4.79 Å². The van der Waals surface area contributed by atoms with Crippen LogP contribution in [-0.4, -0.2) is 34.5 Å². The fourth-order valence-electron chi connectivity index (χ4n) is 3.73. The van der Waals surface area contributed by atoms with Gasteiger partial charge >= 0.3 is 5.97 Å². The lowest BCUT2D eigenvalue weighted by Crippen LogP contribution is -2.43. The number of nitrogens with zero attached hydrogens (tertiary/aromatic N) is 1. The van der Waals surface area contributed by atoms with Gasteiger partial charge in [-0.3, -0.25) is 4.79 Å². The number of carboxylic acids is 1. The number of nitrogens with two attached hydrogens (primary N) is 1. The van der Waals surface area contributed by atoms with E-state index in [4.69, 9.17) is 5.73 Å². The molecule has 1 aliphatic heterocycles. The molecule has 5 nitrogen and oxygen atoms in total. The molecule has 1 aromatic carbocycles. The van der Waals surface area contributed by atoms with Crippen molar-refractivity contribution < 1.29 is 14.7 Å². The van der Waals surface area contributed by atoms with Crippen LogP contribution in [0, 0.1) is 11.8 Å². The van der Waals surface area contributed by atoms with Crippen LogP contribution in [0.2, 0.25) is 0 Å². The molecule has 1 aromatic rings. The van der Waals surface area contributed by atoms with E-state index in [1.54, 1.807) is 18.2 Å². The number of rotatable bonds is 2. The highest BCUT2D eigenvalue weighted by Gasteiger charge is 2.49. The molecule has 3 unspecified atom stereocenters. The Kier molecular flexibility index (Phi) is 3.65. The maximum atomic E-state index is 12.7. The highest BCUT2D eigenvalue weighted by Crippen LogP contribution is 2.42. The van der Waals surface area contributed by atoms with E-state index in [-0.39, 0.29) is 11.8 Å². The van der Waals surface area contributed by atoms with Gasteiger partial charge in [-0.1, -0.05) is 22.4 Å². The summed E-state index contributed by atoms with van der Waals surface area (Å²) in [6.45, 7) is 0.535. The predicted molar refractivity (Wildman–Crippen MR) is 81.8 cm³/mol. The van der Waals surface area contributed by atoms with Crippen molar-refractivity contribution in [3.8, 4) is 0 Å². The van der Waals surface area contributed by atoms with Gasteiger partial charge in [-0.2, -0.15) is 0 Å². The lowest BCUT2D eigenvalue weighted by atomic mass is 9.94. The average Bonchev–Trinajstić information content (AvgIpc) is 2.95. The maximum absolute atomic E-state index is 12.7. The standard InChI is InChI=1S/C15H17BrN2O3/c16-10-4-9(5-11(17)6-10)14(19)18-7-8-2-1-3-12(8)13(18)15(20)21/h4-6,8,12-13H,1-3,7,17H2,(H,20,21). The molecule has 1 saturated heterocycles. The summed E-state index contributed by atoms with van der Waals surface area (Å²) >= 11 is 3.32. The minimum atomic E-state index is -0.902. The van der Waals surface area contributed by atoms with Gasteiger partial charge in [-0.05, 0) is 42.9 Å². The van der Waals surface area contributed by atoms with Crippen LogP contribution in [0.15, 0.2) is 22.7 Å².